The second-order valence-electron chi connectivity index (χ2n) is 6.70. The largest absolute Gasteiger partial charge is 0.353 e. The minimum atomic E-state index is 0.0276. The molecule has 2 amide bonds. The van der Waals surface area contributed by atoms with E-state index < -0.39 is 0 Å². The molecular formula is C18H25N3O2. The van der Waals surface area contributed by atoms with Gasteiger partial charge < -0.3 is 10.6 Å². The second kappa shape index (κ2) is 7.13. The molecule has 1 aromatic rings. The molecule has 1 heterocycles. The number of carbonyl (C=O) groups is 2. The van der Waals surface area contributed by atoms with Crippen molar-refractivity contribution in [3.8, 4) is 0 Å². The van der Waals surface area contributed by atoms with Crippen molar-refractivity contribution in [3.63, 3.8) is 0 Å². The fourth-order valence-corrected chi connectivity index (χ4v) is 3.01. The van der Waals surface area contributed by atoms with Gasteiger partial charge in [0.1, 0.15) is 0 Å². The molecule has 2 fully saturated rings. The van der Waals surface area contributed by atoms with Gasteiger partial charge in [-0.25, -0.2) is 0 Å². The molecule has 2 aliphatic rings. The molecule has 23 heavy (non-hydrogen) atoms. The summed E-state index contributed by atoms with van der Waals surface area (Å²) in [7, 11) is 0. The van der Waals surface area contributed by atoms with Gasteiger partial charge in [-0.2, -0.15) is 0 Å². The molecule has 2 N–H and O–H groups in total. The number of hydrogen-bond donors (Lipinski definition) is 2. The average molecular weight is 315 g/mol. The molecule has 1 aliphatic carbocycles. The predicted molar refractivity (Wildman–Crippen MR) is 90.1 cm³/mol. The van der Waals surface area contributed by atoms with E-state index >= 15 is 0 Å². The Labute approximate surface area is 137 Å². The fraction of sp³-hybridized carbons (Fsp3) is 0.556. The van der Waals surface area contributed by atoms with E-state index in [2.05, 4.69) is 15.5 Å². The van der Waals surface area contributed by atoms with Crippen LogP contribution < -0.4 is 10.6 Å². The van der Waals surface area contributed by atoms with Gasteiger partial charge >= 0.3 is 0 Å². The summed E-state index contributed by atoms with van der Waals surface area (Å²) in [6.07, 6.45) is 3.94. The average Bonchev–Trinajstić information content (AvgIpc) is 3.36. The van der Waals surface area contributed by atoms with Crippen LogP contribution in [-0.4, -0.2) is 42.4 Å². The molecule has 3 rings (SSSR count). The lowest BCUT2D eigenvalue weighted by Crippen LogP contribution is -2.46. The summed E-state index contributed by atoms with van der Waals surface area (Å²) in [5.74, 6) is 0.522. The zero-order valence-electron chi connectivity index (χ0n) is 13.7. The predicted octanol–water partition coefficient (Wildman–Crippen LogP) is 1.92. The number of piperidine rings is 1. The summed E-state index contributed by atoms with van der Waals surface area (Å²) >= 11 is 0. The summed E-state index contributed by atoms with van der Waals surface area (Å²) in [5.41, 5.74) is 1.95. The minimum absolute atomic E-state index is 0.0276. The second-order valence-corrected chi connectivity index (χ2v) is 6.70. The molecule has 0 atom stereocenters. The van der Waals surface area contributed by atoms with Crippen LogP contribution in [0.5, 0.6) is 0 Å². The number of rotatable bonds is 5. The number of nitrogens with zero attached hydrogens (tertiary/aromatic N) is 1. The third-order valence-electron chi connectivity index (χ3n) is 4.67. The monoisotopic (exact) mass is 315 g/mol. The first kappa shape index (κ1) is 16.0. The Balaban J connectivity index is 1.40. The Morgan fingerprint density at radius 1 is 1.13 bits per heavy atom. The Kier molecular flexibility index (Phi) is 4.96. The van der Waals surface area contributed by atoms with Gasteiger partial charge in [0.25, 0.3) is 0 Å². The first-order valence-electron chi connectivity index (χ1n) is 8.50. The van der Waals surface area contributed by atoms with E-state index in [-0.39, 0.29) is 23.8 Å². The van der Waals surface area contributed by atoms with Crippen molar-refractivity contribution in [1.29, 1.82) is 0 Å². The molecule has 1 saturated heterocycles. The number of carbonyl (C=O) groups excluding carboxylic acids is 2. The van der Waals surface area contributed by atoms with Gasteiger partial charge in [0.2, 0.25) is 11.8 Å². The van der Waals surface area contributed by atoms with Gasteiger partial charge in [-0.05, 0) is 44.2 Å². The third kappa shape index (κ3) is 4.55. The maximum absolute atomic E-state index is 12.2. The van der Waals surface area contributed by atoms with Crippen LogP contribution in [0.15, 0.2) is 24.3 Å². The molecule has 0 spiro atoms. The lowest BCUT2D eigenvalue weighted by Gasteiger charge is -2.31. The van der Waals surface area contributed by atoms with Crippen LogP contribution in [0.4, 0.5) is 5.69 Å². The zero-order valence-corrected chi connectivity index (χ0v) is 13.7. The number of amides is 2. The highest BCUT2D eigenvalue weighted by Crippen LogP contribution is 2.29. The maximum Gasteiger partial charge on any atom is 0.238 e. The summed E-state index contributed by atoms with van der Waals surface area (Å²) in [5, 5.41) is 6.11. The van der Waals surface area contributed by atoms with Gasteiger partial charge in [-0.3, -0.25) is 14.5 Å². The molecule has 0 radical (unpaired) electrons. The van der Waals surface area contributed by atoms with E-state index in [9.17, 15) is 9.59 Å². The van der Waals surface area contributed by atoms with Crippen molar-refractivity contribution in [1.82, 2.24) is 10.2 Å². The van der Waals surface area contributed by atoms with Crippen molar-refractivity contribution in [2.75, 3.05) is 25.0 Å². The topological polar surface area (TPSA) is 61.4 Å². The highest BCUT2D eigenvalue weighted by molar-refractivity contribution is 5.92. The van der Waals surface area contributed by atoms with Crippen molar-refractivity contribution >= 4 is 17.5 Å². The van der Waals surface area contributed by atoms with Gasteiger partial charge in [0.05, 0.1) is 6.54 Å². The van der Waals surface area contributed by atoms with E-state index in [0.717, 1.165) is 50.0 Å². The van der Waals surface area contributed by atoms with Crippen LogP contribution in [0.3, 0.4) is 0 Å². The standard InChI is InChI=1S/C18H25N3O2/c1-13-4-2-3-5-16(13)20-17(22)12-21-10-8-15(9-11-21)19-18(23)14-6-7-14/h2-5,14-15H,6-12H2,1H3,(H,19,23)(H,20,22). The SMILES string of the molecule is Cc1ccccc1NC(=O)CN1CCC(NC(=O)C2CC2)CC1. The molecular weight excluding hydrogens is 290 g/mol. The smallest absolute Gasteiger partial charge is 0.238 e. The lowest BCUT2D eigenvalue weighted by atomic mass is 10.0. The quantitative estimate of drug-likeness (QED) is 0.873. The van der Waals surface area contributed by atoms with Crippen LogP contribution in [0.25, 0.3) is 0 Å². The summed E-state index contributed by atoms with van der Waals surface area (Å²) in [6, 6.07) is 8.08. The van der Waals surface area contributed by atoms with Crippen molar-refractivity contribution in [3.05, 3.63) is 29.8 Å². The van der Waals surface area contributed by atoms with Gasteiger partial charge in [-0.1, -0.05) is 18.2 Å². The Morgan fingerprint density at radius 3 is 2.48 bits per heavy atom. The van der Waals surface area contributed by atoms with Crippen LogP contribution in [-0.2, 0) is 9.59 Å². The number of anilines is 1. The molecule has 1 aromatic carbocycles. The number of nitrogens with one attached hydrogen (secondary N) is 2. The normalized spacial score (nSPS) is 19.3. The van der Waals surface area contributed by atoms with Gasteiger partial charge in [-0.15, -0.1) is 0 Å². The number of aryl methyl sites for hydroxylation is 1. The van der Waals surface area contributed by atoms with Crippen molar-refractivity contribution in [2.24, 2.45) is 5.92 Å². The van der Waals surface area contributed by atoms with E-state index in [1.165, 1.54) is 0 Å². The molecule has 1 aliphatic heterocycles. The Morgan fingerprint density at radius 2 is 1.83 bits per heavy atom. The molecule has 0 aromatic heterocycles. The van der Waals surface area contributed by atoms with E-state index in [4.69, 9.17) is 0 Å². The zero-order chi connectivity index (χ0) is 16.2. The fourth-order valence-electron chi connectivity index (χ4n) is 3.01. The van der Waals surface area contributed by atoms with Gasteiger partial charge in [0.15, 0.2) is 0 Å². The van der Waals surface area contributed by atoms with E-state index in [1.807, 2.05) is 31.2 Å². The van der Waals surface area contributed by atoms with Crippen LogP contribution >= 0.6 is 0 Å². The Hall–Kier alpha value is -1.88. The third-order valence-corrected chi connectivity index (χ3v) is 4.67. The number of benzene rings is 1. The van der Waals surface area contributed by atoms with Crippen molar-refractivity contribution < 1.29 is 9.59 Å². The number of likely N-dealkylation sites (tertiary alicyclic amines) is 1. The van der Waals surface area contributed by atoms with Gasteiger partial charge in [0, 0.05) is 30.7 Å². The highest BCUT2D eigenvalue weighted by atomic mass is 16.2. The molecule has 5 heteroatoms. The van der Waals surface area contributed by atoms with Crippen LogP contribution in [0, 0.1) is 12.8 Å². The number of para-hydroxylation sites is 1. The molecule has 5 nitrogen and oxygen atoms in total. The van der Waals surface area contributed by atoms with E-state index in [0.29, 0.717) is 6.54 Å². The Bertz CT molecular complexity index is 575. The number of hydrogen-bond acceptors (Lipinski definition) is 3. The minimum Gasteiger partial charge on any atom is -0.353 e. The first-order chi connectivity index (χ1) is 11.1. The molecule has 0 unspecified atom stereocenters. The summed E-state index contributed by atoms with van der Waals surface area (Å²) in [4.78, 5) is 26.1. The lowest BCUT2D eigenvalue weighted by molar-refractivity contribution is -0.123. The summed E-state index contributed by atoms with van der Waals surface area (Å²) in [6.45, 7) is 4.12. The van der Waals surface area contributed by atoms with E-state index in [1.54, 1.807) is 0 Å². The first-order valence-corrected chi connectivity index (χ1v) is 8.50. The maximum atomic E-state index is 12.2. The molecule has 124 valence electrons. The van der Waals surface area contributed by atoms with Crippen molar-refractivity contribution in [2.45, 2.75) is 38.6 Å². The summed E-state index contributed by atoms with van der Waals surface area (Å²) < 4.78 is 0. The molecule has 0 bridgehead atoms. The highest BCUT2D eigenvalue weighted by Gasteiger charge is 2.31. The molecule has 1 saturated carbocycles. The van der Waals surface area contributed by atoms with Crippen LogP contribution in [0.2, 0.25) is 0 Å². The van der Waals surface area contributed by atoms with Crippen LogP contribution in [0.1, 0.15) is 31.2 Å².